The minimum atomic E-state index is -3.55. The summed E-state index contributed by atoms with van der Waals surface area (Å²) in [7, 11) is -3.55. The van der Waals surface area contributed by atoms with Gasteiger partial charge in [0.25, 0.3) is 0 Å². The Morgan fingerprint density at radius 1 is 1.24 bits per heavy atom. The summed E-state index contributed by atoms with van der Waals surface area (Å²) in [4.78, 5) is 0.136. The van der Waals surface area contributed by atoms with Crippen LogP contribution in [0.2, 0.25) is 5.02 Å². The lowest BCUT2D eigenvalue weighted by Crippen LogP contribution is -2.22. The van der Waals surface area contributed by atoms with E-state index in [1.807, 2.05) is 0 Å². The molecule has 1 aromatic heterocycles. The van der Waals surface area contributed by atoms with E-state index in [1.165, 1.54) is 18.4 Å². The van der Waals surface area contributed by atoms with Crippen molar-refractivity contribution in [2.75, 3.05) is 0 Å². The predicted molar refractivity (Wildman–Crippen MR) is 64.2 cm³/mol. The van der Waals surface area contributed by atoms with Gasteiger partial charge in [-0.15, -0.1) is 0 Å². The van der Waals surface area contributed by atoms with Gasteiger partial charge in [-0.25, -0.2) is 13.1 Å². The van der Waals surface area contributed by atoms with Crippen LogP contribution in [0.15, 0.2) is 52.0 Å². The lowest BCUT2D eigenvalue weighted by atomic mass is 10.4. The normalized spacial score (nSPS) is 11.6. The summed E-state index contributed by atoms with van der Waals surface area (Å²) in [5, 5.41) is 0.380. The summed E-state index contributed by atoms with van der Waals surface area (Å²) in [5.41, 5.74) is 0. The highest BCUT2D eigenvalue weighted by atomic mass is 35.5. The van der Waals surface area contributed by atoms with Crippen LogP contribution in [0.3, 0.4) is 0 Å². The number of hydrogen-bond donors (Lipinski definition) is 1. The number of rotatable bonds is 4. The number of furan rings is 1. The molecule has 2 rings (SSSR count). The lowest BCUT2D eigenvalue weighted by Gasteiger charge is -2.05. The molecule has 0 radical (unpaired) electrons. The highest BCUT2D eigenvalue weighted by molar-refractivity contribution is 7.89. The fourth-order valence-corrected chi connectivity index (χ4v) is 2.59. The molecule has 90 valence electrons. The molecule has 1 heterocycles. The van der Waals surface area contributed by atoms with Gasteiger partial charge in [-0.05, 0) is 30.3 Å². The van der Waals surface area contributed by atoms with E-state index in [-0.39, 0.29) is 11.4 Å². The smallest absolute Gasteiger partial charge is 0.241 e. The molecule has 0 aliphatic heterocycles. The van der Waals surface area contributed by atoms with Crippen molar-refractivity contribution >= 4 is 21.6 Å². The van der Waals surface area contributed by atoms with Crippen LogP contribution in [0.5, 0.6) is 0 Å². The van der Waals surface area contributed by atoms with Crippen molar-refractivity contribution in [3.63, 3.8) is 0 Å². The lowest BCUT2D eigenvalue weighted by molar-refractivity contribution is 0.498. The molecular formula is C11H10ClNO3S. The largest absolute Gasteiger partial charge is 0.468 e. The number of benzene rings is 1. The molecule has 17 heavy (non-hydrogen) atoms. The minimum Gasteiger partial charge on any atom is -0.468 e. The Kier molecular flexibility index (Phi) is 3.51. The van der Waals surface area contributed by atoms with Crippen molar-refractivity contribution < 1.29 is 12.8 Å². The highest BCUT2D eigenvalue weighted by Gasteiger charge is 2.14. The Morgan fingerprint density at radius 2 is 2.06 bits per heavy atom. The first-order valence-corrected chi connectivity index (χ1v) is 6.72. The van der Waals surface area contributed by atoms with Crippen molar-refractivity contribution in [3.05, 3.63) is 53.4 Å². The second-order valence-corrected chi connectivity index (χ2v) is 5.56. The summed E-state index contributed by atoms with van der Waals surface area (Å²) in [5.74, 6) is 0.551. The fourth-order valence-electron chi connectivity index (χ4n) is 1.30. The van der Waals surface area contributed by atoms with E-state index >= 15 is 0 Å². The quantitative estimate of drug-likeness (QED) is 0.929. The third kappa shape index (κ3) is 3.09. The first-order chi connectivity index (χ1) is 8.08. The Morgan fingerprint density at radius 3 is 2.71 bits per heavy atom. The monoisotopic (exact) mass is 271 g/mol. The SMILES string of the molecule is O=S(=O)(NCc1ccco1)c1cccc(Cl)c1. The van der Waals surface area contributed by atoms with Crippen LogP contribution in [0.4, 0.5) is 0 Å². The molecule has 0 saturated carbocycles. The maximum Gasteiger partial charge on any atom is 0.241 e. The van der Waals surface area contributed by atoms with Gasteiger partial charge in [-0.2, -0.15) is 0 Å². The molecule has 1 aromatic carbocycles. The first kappa shape index (κ1) is 12.2. The number of sulfonamides is 1. The average molecular weight is 272 g/mol. The van der Waals surface area contributed by atoms with Crippen LogP contribution in [0.1, 0.15) is 5.76 Å². The van der Waals surface area contributed by atoms with Crippen LogP contribution in [0.25, 0.3) is 0 Å². The number of halogens is 1. The molecule has 0 spiro atoms. The molecule has 6 heteroatoms. The Hall–Kier alpha value is -1.30. The fraction of sp³-hybridized carbons (Fsp3) is 0.0909. The van der Waals surface area contributed by atoms with E-state index in [4.69, 9.17) is 16.0 Å². The molecule has 0 aliphatic rings. The summed E-state index contributed by atoms with van der Waals surface area (Å²) >= 11 is 5.74. The van der Waals surface area contributed by atoms with E-state index in [9.17, 15) is 8.42 Å². The van der Waals surface area contributed by atoms with Crippen LogP contribution >= 0.6 is 11.6 Å². The molecule has 0 unspecified atom stereocenters. The molecule has 1 N–H and O–H groups in total. The van der Waals surface area contributed by atoms with Gasteiger partial charge in [0.05, 0.1) is 17.7 Å². The van der Waals surface area contributed by atoms with E-state index in [1.54, 1.807) is 24.3 Å². The minimum absolute atomic E-state index is 0.113. The molecule has 0 saturated heterocycles. The van der Waals surface area contributed by atoms with E-state index in [0.717, 1.165) is 0 Å². The zero-order valence-electron chi connectivity index (χ0n) is 8.76. The van der Waals surface area contributed by atoms with Gasteiger partial charge < -0.3 is 4.42 Å². The summed E-state index contributed by atoms with van der Waals surface area (Å²) in [6, 6.07) is 9.47. The Bertz CT molecular complexity index is 593. The Balaban J connectivity index is 2.14. The van der Waals surface area contributed by atoms with Crippen molar-refractivity contribution in [1.29, 1.82) is 0 Å². The number of hydrogen-bond acceptors (Lipinski definition) is 3. The van der Waals surface area contributed by atoms with E-state index < -0.39 is 10.0 Å². The zero-order chi connectivity index (χ0) is 12.3. The highest BCUT2D eigenvalue weighted by Crippen LogP contribution is 2.15. The third-order valence-electron chi connectivity index (χ3n) is 2.12. The standard InChI is InChI=1S/C11H10ClNO3S/c12-9-3-1-5-11(7-9)17(14,15)13-8-10-4-2-6-16-10/h1-7,13H,8H2. The third-order valence-corrected chi connectivity index (χ3v) is 3.76. The average Bonchev–Trinajstić information content (AvgIpc) is 2.79. The van der Waals surface area contributed by atoms with E-state index in [2.05, 4.69) is 4.72 Å². The van der Waals surface area contributed by atoms with Crippen molar-refractivity contribution in [3.8, 4) is 0 Å². The number of nitrogens with one attached hydrogen (secondary N) is 1. The van der Waals surface area contributed by atoms with Gasteiger partial charge >= 0.3 is 0 Å². The maximum absolute atomic E-state index is 11.9. The topological polar surface area (TPSA) is 59.3 Å². The van der Waals surface area contributed by atoms with Crippen LogP contribution in [0, 0.1) is 0 Å². The predicted octanol–water partition coefficient (Wildman–Crippen LogP) is 2.41. The molecule has 4 nitrogen and oxygen atoms in total. The van der Waals surface area contributed by atoms with Crippen molar-refractivity contribution in [2.24, 2.45) is 0 Å². The van der Waals surface area contributed by atoms with Crippen molar-refractivity contribution in [2.45, 2.75) is 11.4 Å². The van der Waals surface area contributed by atoms with Gasteiger partial charge in [-0.3, -0.25) is 0 Å². The molecule has 0 fully saturated rings. The molecular weight excluding hydrogens is 262 g/mol. The van der Waals surface area contributed by atoms with Crippen LogP contribution in [-0.2, 0) is 16.6 Å². The second kappa shape index (κ2) is 4.91. The molecule has 0 amide bonds. The molecule has 0 aliphatic carbocycles. The molecule has 0 bridgehead atoms. The maximum atomic E-state index is 11.9. The van der Waals surface area contributed by atoms with Crippen LogP contribution < -0.4 is 4.72 Å². The Labute approximate surface area is 104 Å². The summed E-state index contributed by atoms with van der Waals surface area (Å²) in [6.45, 7) is 0.113. The first-order valence-electron chi connectivity index (χ1n) is 4.85. The summed E-state index contributed by atoms with van der Waals surface area (Å²) < 4.78 is 31.2. The van der Waals surface area contributed by atoms with E-state index in [0.29, 0.717) is 10.8 Å². The van der Waals surface area contributed by atoms with Gasteiger partial charge in [0.2, 0.25) is 10.0 Å². The molecule has 0 atom stereocenters. The molecule has 2 aromatic rings. The summed E-state index contributed by atoms with van der Waals surface area (Å²) in [6.07, 6.45) is 1.49. The van der Waals surface area contributed by atoms with Gasteiger partial charge in [-0.1, -0.05) is 17.7 Å². The van der Waals surface area contributed by atoms with Crippen LogP contribution in [-0.4, -0.2) is 8.42 Å². The second-order valence-electron chi connectivity index (χ2n) is 3.36. The van der Waals surface area contributed by atoms with Crippen molar-refractivity contribution in [1.82, 2.24) is 4.72 Å². The van der Waals surface area contributed by atoms with Gasteiger partial charge in [0.1, 0.15) is 5.76 Å². The van der Waals surface area contributed by atoms with Gasteiger partial charge in [0.15, 0.2) is 0 Å². The van der Waals surface area contributed by atoms with Gasteiger partial charge in [0, 0.05) is 5.02 Å². The zero-order valence-corrected chi connectivity index (χ0v) is 10.3.